The summed E-state index contributed by atoms with van der Waals surface area (Å²) >= 11 is 0. The van der Waals surface area contributed by atoms with Gasteiger partial charge in [-0.05, 0) is 28.6 Å². The van der Waals surface area contributed by atoms with Crippen LogP contribution in [-0.4, -0.2) is 19.2 Å². The van der Waals surface area contributed by atoms with E-state index in [1.165, 1.54) is 0 Å². The number of nitrogens with zero attached hydrogens (tertiary/aromatic N) is 1. The molecule has 2 heterocycles. The highest BCUT2D eigenvalue weighted by atomic mass is 16.5. The molecule has 0 saturated heterocycles. The molecule has 2 aromatic carbocycles. The van der Waals surface area contributed by atoms with E-state index in [4.69, 9.17) is 14.2 Å². The number of methoxy groups -OCH3 is 2. The number of rotatable bonds is 3. The molecule has 1 unspecified atom stereocenters. The molecule has 23 heavy (non-hydrogen) atoms. The van der Waals surface area contributed by atoms with Crippen molar-refractivity contribution in [3.63, 3.8) is 0 Å². The minimum atomic E-state index is -0.166. The van der Waals surface area contributed by atoms with Crippen molar-refractivity contribution in [3.8, 4) is 11.5 Å². The van der Waals surface area contributed by atoms with Crippen molar-refractivity contribution in [2.75, 3.05) is 14.2 Å². The Morgan fingerprint density at radius 1 is 1.09 bits per heavy atom. The fourth-order valence-electron chi connectivity index (χ4n) is 3.28. The molecule has 1 aliphatic rings. The third kappa shape index (κ3) is 2.14. The molecule has 0 fully saturated rings. The number of aromatic nitrogens is 1. The van der Waals surface area contributed by atoms with E-state index in [0.29, 0.717) is 6.61 Å². The van der Waals surface area contributed by atoms with E-state index in [1.54, 1.807) is 14.2 Å². The SMILES string of the molecule is COc1ccc2c(c1OC)C(c1cccc3cnccc13)OC2. The zero-order chi connectivity index (χ0) is 15.8. The molecule has 0 bridgehead atoms. The van der Waals surface area contributed by atoms with Crippen molar-refractivity contribution in [1.82, 2.24) is 4.98 Å². The standard InChI is InChI=1S/C19H17NO3/c1-21-16-7-6-13-11-23-18(17(13)19(16)22-2)15-5-3-4-12-10-20-9-8-14(12)15/h3-10,18H,11H2,1-2H3. The average molecular weight is 307 g/mol. The molecule has 0 spiro atoms. The van der Waals surface area contributed by atoms with Crippen molar-refractivity contribution in [3.05, 3.63) is 65.5 Å². The van der Waals surface area contributed by atoms with Crippen LogP contribution in [0.15, 0.2) is 48.8 Å². The van der Waals surface area contributed by atoms with E-state index < -0.39 is 0 Å². The molecule has 0 amide bonds. The number of hydrogen-bond donors (Lipinski definition) is 0. The van der Waals surface area contributed by atoms with Gasteiger partial charge in [-0.25, -0.2) is 0 Å². The molecule has 116 valence electrons. The van der Waals surface area contributed by atoms with Crippen LogP contribution in [0.4, 0.5) is 0 Å². The minimum Gasteiger partial charge on any atom is -0.493 e. The zero-order valence-electron chi connectivity index (χ0n) is 13.1. The quantitative estimate of drug-likeness (QED) is 0.736. The predicted octanol–water partition coefficient (Wildman–Crippen LogP) is 3.87. The Balaban J connectivity index is 1.94. The summed E-state index contributed by atoms with van der Waals surface area (Å²) in [4.78, 5) is 4.20. The molecular formula is C19H17NO3. The van der Waals surface area contributed by atoms with Gasteiger partial charge in [0, 0.05) is 23.3 Å². The van der Waals surface area contributed by atoms with Crippen LogP contribution in [0.1, 0.15) is 22.8 Å². The molecule has 0 radical (unpaired) electrons. The second-order valence-electron chi connectivity index (χ2n) is 5.51. The molecule has 0 N–H and O–H groups in total. The third-order valence-corrected chi connectivity index (χ3v) is 4.34. The monoisotopic (exact) mass is 307 g/mol. The predicted molar refractivity (Wildman–Crippen MR) is 87.9 cm³/mol. The summed E-state index contributed by atoms with van der Waals surface area (Å²) in [6.45, 7) is 0.571. The number of fused-ring (bicyclic) bond motifs is 2. The first-order chi connectivity index (χ1) is 11.3. The van der Waals surface area contributed by atoms with Crippen molar-refractivity contribution in [1.29, 1.82) is 0 Å². The van der Waals surface area contributed by atoms with Crippen molar-refractivity contribution in [2.45, 2.75) is 12.7 Å². The van der Waals surface area contributed by atoms with Crippen LogP contribution in [0.25, 0.3) is 10.8 Å². The average Bonchev–Trinajstić information content (AvgIpc) is 3.04. The van der Waals surface area contributed by atoms with Crippen LogP contribution in [0.5, 0.6) is 11.5 Å². The van der Waals surface area contributed by atoms with Gasteiger partial charge in [0.25, 0.3) is 0 Å². The van der Waals surface area contributed by atoms with Gasteiger partial charge < -0.3 is 14.2 Å². The number of ether oxygens (including phenoxy) is 3. The van der Waals surface area contributed by atoms with Crippen LogP contribution >= 0.6 is 0 Å². The fourth-order valence-corrected chi connectivity index (χ4v) is 3.28. The van der Waals surface area contributed by atoms with Gasteiger partial charge in [0.1, 0.15) is 6.10 Å². The first kappa shape index (κ1) is 14.0. The summed E-state index contributed by atoms with van der Waals surface area (Å²) in [7, 11) is 3.32. The Morgan fingerprint density at radius 2 is 2.00 bits per heavy atom. The zero-order valence-corrected chi connectivity index (χ0v) is 13.1. The van der Waals surface area contributed by atoms with Gasteiger partial charge in [-0.15, -0.1) is 0 Å². The van der Waals surface area contributed by atoms with Gasteiger partial charge in [-0.2, -0.15) is 0 Å². The van der Waals surface area contributed by atoms with Crippen LogP contribution in [0, 0.1) is 0 Å². The molecular weight excluding hydrogens is 290 g/mol. The van der Waals surface area contributed by atoms with Gasteiger partial charge in [-0.1, -0.05) is 24.3 Å². The molecule has 4 nitrogen and oxygen atoms in total. The van der Waals surface area contributed by atoms with Gasteiger partial charge in [0.2, 0.25) is 0 Å². The Bertz CT molecular complexity index is 870. The Kier molecular flexibility index (Phi) is 3.39. The lowest BCUT2D eigenvalue weighted by Crippen LogP contribution is -2.03. The summed E-state index contributed by atoms with van der Waals surface area (Å²) in [5.41, 5.74) is 3.31. The topological polar surface area (TPSA) is 40.6 Å². The van der Waals surface area contributed by atoms with E-state index in [9.17, 15) is 0 Å². The van der Waals surface area contributed by atoms with Crippen LogP contribution < -0.4 is 9.47 Å². The second-order valence-corrected chi connectivity index (χ2v) is 5.51. The van der Waals surface area contributed by atoms with Gasteiger partial charge in [-0.3, -0.25) is 4.98 Å². The molecule has 4 heteroatoms. The molecule has 1 aromatic heterocycles. The maximum Gasteiger partial charge on any atom is 0.167 e. The Hall–Kier alpha value is -2.59. The number of pyridine rings is 1. The number of benzene rings is 2. The summed E-state index contributed by atoms with van der Waals surface area (Å²) < 4.78 is 17.2. The molecule has 4 rings (SSSR count). The third-order valence-electron chi connectivity index (χ3n) is 4.34. The lowest BCUT2D eigenvalue weighted by Gasteiger charge is -2.18. The van der Waals surface area contributed by atoms with Gasteiger partial charge in [0.05, 0.1) is 20.8 Å². The molecule has 0 saturated carbocycles. The van der Waals surface area contributed by atoms with Crippen LogP contribution in [0.3, 0.4) is 0 Å². The summed E-state index contributed by atoms with van der Waals surface area (Å²) in [6, 6.07) is 12.2. The molecule has 3 aromatic rings. The molecule has 1 atom stereocenters. The highest BCUT2D eigenvalue weighted by molar-refractivity contribution is 5.85. The first-order valence-electron chi connectivity index (χ1n) is 7.51. The van der Waals surface area contributed by atoms with E-state index >= 15 is 0 Å². The Labute approximate surface area is 134 Å². The lowest BCUT2D eigenvalue weighted by atomic mass is 9.94. The maximum atomic E-state index is 6.10. The lowest BCUT2D eigenvalue weighted by molar-refractivity contribution is 0.0936. The smallest absolute Gasteiger partial charge is 0.167 e. The maximum absolute atomic E-state index is 6.10. The normalized spacial score (nSPS) is 16.3. The van der Waals surface area contributed by atoms with Crippen LogP contribution in [0.2, 0.25) is 0 Å². The fraction of sp³-hybridized carbons (Fsp3) is 0.211. The summed E-state index contributed by atoms with van der Waals surface area (Å²) in [5.74, 6) is 1.47. The highest BCUT2D eigenvalue weighted by Crippen LogP contribution is 2.46. The first-order valence-corrected chi connectivity index (χ1v) is 7.51. The second kappa shape index (κ2) is 5.56. The van der Waals surface area contributed by atoms with E-state index in [0.717, 1.165) is 39.0 Å². The van der Waals surface area contributed by atoms with Gasteiger partial charge >= 0.3 is 0 Å². The summed E-state index contributed by atoms with van der Waals surface area (Å²) in [6.07, 6.45) is 3.52. The Morgan fingerprint density at radius 3 is 2.83 bits per heavy atom. The molecule has 0 aliphatic carbocycles. The summed E-state index contributed by atoms with van der Waals surface area (Å²) in [5, 5.41) is 2.24. The van der Waals surface area contributed by atoms with Crippen molar-refractivity contribution in [2.24, 2.45) is 0 Å². The van der Waals surface area contributed by atoms with Crippen LogP contribution in [-0.2, 0) is 11.3 Å². The van der Waals surface area contributed by atoms with E-state index in [2.05, 4.69) is 17.1 Å². The minimum absolute atomic E-state index is 0.166. The highest BCUT2D eigenvalue weighted by Gasteiger charge is 2.31. The number of hydrogen-bond acceptors (Lipinski definition) is 4. The van der Waals surface area contributed by atoms with Crippen molar-refractivity contribution < 1.29 is 14.2 Å². The molecule has 1 aliphatic heterocycles. The van der Waals surface area contributed by atoms with E-state index in [-0.39, 0.29) is 6.10 Å². The van der Waals surface area contributed by atoms with Crippen molar-refractivity contribution >= 4 is 10.8 Å². The van der Waals surface area contributed by atoms with E-state index in [1.807, 2.05) is 36.7 Å². The van der Waals surface area contributed by atoms with Gasteiger partial charge in [0.15, 0.2) is 11.5 Å². The largest absolute Gasteiger partial charge is 0.493 e.